The van der Waals surface area contributed by atoms with Crippen molar-refractivity contribution in [2.24, 2.45) is 5.73 Å². The Bertz CT molecular complexity index is 493. The van der Waals surface area contributed by atoms with Crippen LogP contribution in [0.15, 0.2) is 30.3 Å². The Kier molecular flexibility index (Phi) is 7.49. The number of nitrogens with two attached hydrogens (primary N) is 1. The quantitative estimate of drug-likeness (QED) is 0.693. The molecule has 6 nitrogen and oxygen atoms in total. The molecule has 1 aromatic rings. The average Bonchev–Trinajstić information content (AvgIpc) is 2.47. The first kappa shape index (κ1) is 17.2. The number of hydrogen-bond acceptors (Lipinski definition) is 6. The van der Waals surface area contributed by atoms with Crippen LogP contribution in [0, 0.1) is 0 Å². The molecule has 0 saturated carbocycles. The molecule has 114 valence electrons. The molecule has 0 bridgehead atoms. The molecule has 0 radical (unpaired) electrons. The highest BCUT2D eigenvalue weighted by atomic mass is 32.2. The van der Waals surface area contributed by atoms with Crippen LogP contribution in [0.1, 0.15) is 5.56 Å². The zero-order valence-electron chi connectivity index (χ0n) is 11.7. The summed E-state index contributed by atoms with van der Waals surface area (Å²) in [5, 5.41) is 2.29. The number of methoxy groups -OCH3 is 1. The number of ether oxygens (including phenoxy) is 1. The monoisotopic (exact) mass is 310 g/mol. The summed E-state index contributed by atoms with van der Waals surface area (Å²) in [6.45, 7) is 0. The molecule has 1 atom stereocenters. The summed E-state index contributed by atoms with van der Waals surface area (Å²) in [6.07, 6.45) is 0.152. The molecule has 21 heavy (non-hydrogen) atoms. The van der Waals surface area contributed by atoms with Crippen LogP contribution in [0.4, 0.5) is 0 Å². The van der Waals surface area contributed by atoms with Gasteiger partial charge >= 0.3 is 5.97 Å². The van der Waals surface area contributed by atoms with E-state index in [-0.39, 0.29) is 23.8 Å². The smallest absolute Gasteiger partial charge is 0.323 e. The number of carbonyl (C=O) groups excluding carboxylic acids is 3. The fraction of sp³-hybridized carbons (Fsp3) is 0.357. The molecule has 3 N–H and O–H groups in total. The third-order valence-corrected chi connectivity index (χ3v) is 3.58. The van der Waals surface area contributed by atoms with Crippen molar-refractivity contribution in [1.82, 2.24) is 5.32 Å². The maximum atomic E-state index is 11.6. The normalized spacial score (nSPS) is 11.5. The summed E-state index contributed by atoms with van der Waals surface area (Å²) in [6, 6.07) is 8.37. The summed E-state index contributed by atoms with van der Waals surface area (Å²) in [4.78, 5) is 34.2. The summed E-state index contributed by atoms with van der Waals surface area (Å²) >= 11 is 1.17. The highest BCUT2D eigenvalue weighted by Gasteiger charge is 2.15. The zero-order valence-corrected chi connectivity index (χ0v) is 12.5. The molecule has 0 aliphatic carbocycles. The van der Waals surface area contributed by atoms with Crippen molar-refractivity contribution in [3.8, 4) is 0 Å². The van der Waals surface area contributed by atoms with E-state index in [1.165, 1.54) is 18.9 Å². The number of carbonyl (C=O) groups is 3. The van der Waals surface area contributed by atoms with E-state index in [0.29, 0.717) is 0 Å². The van der Waals surface area contributed by atoms with Gasteiger partial charge in [-0.3, -0.25) is 19.7 Å². The van der Waals surface area contributed by atoms with E-state index in [9.17, 15) is 14.4 Å². The molecular formula is C14H18N2O4S. The van der Waals surface area contributed by atoms with Gasteiger partial charge in [0.05, 0.1) is 19.3 Å². The first-order valence-corrected chi connectivity index (χ1v) is 7.46. The maximum absolute atomic E-state index is 11.6. The minimum absolute atomic E-state index is 0.0607. The van der Waals surface area contributed by atoms with Gasteiger partial charge in [0.2, 0.25) is 11.8 Å². The van der Waals surface area contributed by atoms with Gasteiger partial charge in [0, 0.05) is 5.75 Å². The minimum Gasteiger partial charge on any atom is -0.468 e. The van der Waals surface area contributed by atoms with Crippen LogP contribution in [-0.4, -0.2) is 42.4 Å². The first-order chi connectivity index (χ1) is 10.0. The topological polar surface area (TPSA) is 98.5 Å². The summed E-state index contributed by atoms with van der Waals surface area (Å²) < 4.78 is 4.47. The molecule has 2 amide bonds. The number of esters is 1. The van der Waals surface area contributed by atoms with Crippen LogP contribution in [0.2, 0.25) is 0 Å². The Balaban J connectivity index is 2.24. The highest BCUT2D eigenvalue weighted by Crippen LogP contribution is 2.03. The fourth-order valence-corrected chi connectivity index (χ4v) is 2.28. The first-order valence-electron chi connectivity index (χ1n) is 6.30. The van der Waals surface area contributed by atoms with Crippen LogP contribution in [-0.2, 0) is 25.5 Å². The third kappa shape index (κ3) is 6.92. The lowest BCUT2D eigenvalue weighted by molar-refractivity contribution is -0.141. The van der Waals surface area contributed by atoms with Gasteiger partial charge in [0.15, 0.2) is 0 Å². The second-order valence-electron chi connectivity index (χ2n) is 4.28. The largest absolute Gasteiger partial charge is 0.468 e. The standard InChI is InChI=1S/C14H18N2O4S/c1-20-14(19)11(15)8-21-9-13(18)16-12(17)7-10-5-3-2-4-6-10/h2-6,11H,7-9,15H2,1H3,(H,16,17,18). The SMILES string of the molecule is COC(=O)C(N)CSCC(=O)NC(=O)Cc1ccccc1. The Hall–Kier alpha value is -1.86. The molecule has 7 heteroatoms. The van der Waals surface area contributed by atoms with E-state index >= 15 is 0 Å². The van der Waals surface area contributed by atoms with E-state index in [0.717, 1.165) is 5.56 Å². The van der Waals surface area contributed by atoms with Gasteiger partial charge < -0.3 is 10.5 Å². The lowest BCUT2D eigenvalue weighted by atomic mass is 10.1. The number of benzene rings is 1. The fourth-order valence-electron chi connectivity index (χ4n) is 1.52. The van der Waals surface area contributed by atoms with Crippen LogP contribution >= 0.6 is 11.8 Å². The van der Waals surface area contributed by atoms with E-state index in [1.807, 2.05) is 30.3 Å². The van der Waals surface area contributed by atoms with Gasteiger partial charge in [0.1, 0.15) is 6.04 Å². The van der Waals surface area contributed by atoms with Crippen LogP contribution < -0.4 is 11.1 Å². The van der Waals surface area contributed by atoms with Crippen molar-refractivity contribution >= 4 is 29.5 Å². The van der Waals surface area contributed by atoms with E-state index < -0.39 is 17.9 Å². The Morgan fingerprint density at radius 3 is 2.52 bits per heavy atom. The molecule has 1 unspecified atom stereocenters. The molecule has 1 rings (SSSR count). The van der Waals surface area contributed by atoms with Gasteiger partial charge in [-0.05, 0) is 5.56 Å². The zero-order chi connectivity index (χ0) is 15.7. The number of thioether (sulfide) groups is 1. The average molecular weight is 310 g/mol. The number of nitrogens with one attached hydrogen (secondary N) is 1. The Morgan fingerprint density at radius 1 is 1.24 bits per heavy atom. The molecule has 0 aliphatic rings. The van der Waals surface area contributed by atoms with Crippen molar-refractivity contribution in [2.75, 3.05) is 18.6 Å². The molecule has 0 saturated heterocycles. The summed E-state index contributed by atoms with van der Waals surface area (Å²) in [5.74, 6) is -0.969. The van der Waals surface area contributed by atoms with Gasteiger partial charge in [-0.1, -0.05) is 30.3 Å². The van der Waals surface area contributed by atoms with Crippen LogP contribution in [0.5, 0.6) is 0 Å². The second kappa shape index (κ2) is 9.15. The molecule has 0 aliphatic heterocycles. The second-order valence-corrected chi connectivity index (χ2v) is 5.31. The number of imide groups is 1. The number of amides is 2. The van der Waals surface area contributed by atoms with E-state index in [4.69, 9.17) is 5.73 Å². The van der Waals surface area contributed by atoms with Crippen LogP contribution in [0.3, 0.4) is 0 Å². The molecular weight excluding hydrogens is 292 g/mol. The Morgan fingerprint density at radius 2 is 1.90 bits per heavy atom. The number of hydrogen-bond donors (Lipinski definition) is 2. The lowest BCUT2D eigenvalue weighted by Crippen LogP contribution is -2.36. The van der Waals surface area contributed by atoms with Gasteiger partial charge in [-0.15, -0.1) is 11.8 Å². The van der Waals surface area contributed by atoms with Crippen LogP contribution in [0.25, 0.3) is 0 Å². The minimum atomic E-state index is -0.771. The molecule has 0 fully saturated rings. The highest BCUT2D eigenvalue weighted by molar-refractivity contribution is 8.00. The van der Waals surface area contributed by atoms with Gasteiger partial charge in [-0.2, -0.15) is 0 Å². The van der Waals surface area contributed by atoms with E-state index in [1.54, 1.807) is 0 Å². The van der Waals surface area contributed by atoms with Crippen molar-refractivity contribution in [3.05, 3.63) is 35.9 Å². The van der Waals surface area contributed by atoms with Crippen molar-refractivity contribution in [2.45, 2.75) is 12.5 Å². The van der Waals surface area contributed by atoms with Crippen molar-refractivity contribution < 1.29 is 19.1 Å². The maximum Gasteiger partial charge on any atom is 0.323 e. The van der Waals surface area contributed by atoms with Crippen molar-refractivity contribution in [3.63, 3.8) is 0 Å². The molecule has 1 aromatic carbocycles. The van der Waals surface area contributed by atoms with Gasteiger partial charge in [-0.25, -0.2) is 0 Å². The predicted octanol–water partition coefficient (Wildman–Crippen LogP) is 0.105. The summed E-state index contributed by atoms with van der Waals surface area (Å²) in [7, 11) is 1.25. The molecule has 0 heterocycles. The predicted molar refractivity (Wildman–Crippen MR) is 80.6 cm³/mol. The molecule has 0 spiro atoms. The van der Waals surface area contributed by atoms with E-state index in [2.05, 4.69) is 10.1 Å². The van der Waals surface area contributed by atoms with Crippen molar-refractivity contribution in [1.29, 1.82) is 0 Å². The number of rotatable bonds is 7. The summed E-state index contributed by atoms with van der Waals surface area (Å²) in [5.41, 5.74) is 6.36. The van der Waals surface area contributed by atoms with Gasteiger partial charge in [0.25, 0.3) is 0 Å². The Labute approximate surface area is 127 Å². The molecule has 0 aromatic heterocycles. The third-order valence-electron chi connectivity index (χ3n) is 2.52. The lowest BCUT2D eigenvalue weighted by Gasteiger charge is -2.08.